The van der Waals surface area contributed by atoms with Crippen molar-refractivity contribution in [1.29, 1.82) is 0 Å². The van der Waals surface area contributed by atoms with Crippen molar-refractivity contribution < 1.29 is 22.5 Å². The zero-order chi connectivity index (χ0) is 12.0. The highest BCUT2D eigenvalue weighted by molar-refractivity contribution is 6.33. The van der Waals surface area contributed by atoms with Gasteiger partial charge in [-0.05, 0) is 24.6 Å². The van der Waals surface area contributed by atoms with Crippen LogP contribution in [0.3, 0.4) is 0 Å². The summed E-state index contributed by atoms with van der Waals surface area (Å²) in [6.07, 6.45) is 1.76. The standard InChI is InChI=1S/C12H15ClN2O.ClH/c1-3-7-14-8-11(16)15-12-9(2)5-4-6-10(12)13;/h3-6,14H,1,7-8H2,2H3,(H,15,16);1H. The lowest BCUT2D eigenvalue weighted by molar-refractivity contribution is -0.634. The van der Waals surface area contributed by atoms with Crippen LogP contribution in [0.25, 0.3) is 0 Å². The number of carbonyl (C=O) groups is 1. The molecule has 0 aromatic heterocycles. The van der Waals surface area contributed by atoms with Crippen molar-refractivity contribution >= 4 is 23.2 Å². The molecule has 0 atom stereocenters. The number of carbonyl (C=O) groups excluding carboxylic acids is 1. The number of rotatable bonds is 5. The minimum Gasteiger partial charge on any atom is -1.00 e. The Kier molecular flexibility index (Phi) is 7.63. The van der Waals surface area contributed by atoms with Crippen LogP contribution in [0.4, 0.5) is 5.69 Å². The first kappa shape index (κ1) is 16.0. The van der Waals surface area contributed by atoms with Crippen molar-refractivity contribution in [3.05, 3.63) is 41.4 Å². The van der Waals surface area contributed by atoms with Crippen LogP contribution < -0.4 is 23.0 Å². The minimum absolute atomic E-state index is 0. The Bertz CT molecular complexity index is 374. The highest BCUT2D eigenvalue weighted by Crippen LogP contribution is 2.24. The number of aryl methyl sites for hydroxylation is 1. The van der Waals surface area contributed by atoms with Crippen molar-refractivity contribution in [1.82, 2.24) is 0 Å². The summed E-state index contributed by atoms with van der Waals surface area (Å²) in [6.45, 7) is 6.60. The normalized spacial score (nSPS) is 9.29. The van der Waals surface area contributed by atoms with Crippen LogP contribution >= 0.6 is 11.6 Å². The van der Waals surface area contributed by atoms with Gasteiger partial charge in [-0.25, -0.2) is 0 Å². The van der Waals surface area contributed by atoms with E-state index in [1.54, 1.807) is 12.1 Å². The molecule has 0 radical (unpaired) electrons. The van der Waals surface area contributed by atoms with Gasteiger partial charge in [0.05, 0.1) is 17.3 Å². The first-order valence-corrected chi connectivity index (χ1v) is 5.50. The lowest BCUT2D eigenvalue weighted by atomic mass is 10.2. The van der Waals surface area contributed by atoms with Gasteiger partial charge in [-0.1, -0.05) is 30.3 Å². The molecule has 1 amide bonds. The van der Waals surface area contributed by atoms with Gasteiger partial charge in [0.2, 0.25) is 0 Å². The summed E-state index contributed by atoms with van der Waals surface area (Å²) < 4.78 is 0. The lowest BCUT2D eigenvalue weighted by Gasteiger charge is -2.09. The van der Waals surface area contributed by atoms with Gasteiger partial charge in [-0.3, -0.25) is 4.79 Å². The molecule has 0 aliphatic carbocycles. The number of nitrogens with two attached hydrogens (primary N) is 1. The van der Waals surface area contributed by atoms with Crippen LogP contribution in [0.1, 0.15) is 5.56 Å². The zero-order valence-corrected chi connectivity index (χ0v) is 11.2. The summed E-state index contributed by atoms with van der Waals surface area (Å²) in [5.74, 6) is -0.0574. The van der Waals surface area contributed by atoms with E-state index >= 15 is 0 Å². The second-order valence-corrected chi connectivity index (χ2v) is 3.90. The van der Waals surface area contributed by atoms with Gasteiger partial charge in [-0.15, -0.1) is 0 Å². The highest BCUT2D eigenvalue weighted by Gasteiger charge is 2.08. The summed E-state index contributed by atoms with van der Waals surface area (Å²) in [6, 6.07) is 5.53. The van der Waals surface area contributed by atoms with E-state index in [9.17, 15) is 4.79 Å². The molecule has 0 bridgehead atoms. The van der Waals surface area contributed by atoms with Crippen LogP contribution in [0.15, 0.2) is 30.9 Å². The number of hydrogen-bond donors (Lipinski definition) is 2. The van der Waals surface area contributed by atoms with Gasteiger partial charge < -0.3 is 23.0 Å². The third kappa shape index (κ3) is 5.22. The molecule has 1 aromatic rings. The molecule has 0 spiro atoms. The minimum atomic E-state index is -0.0574. The molecule has 3 N–H and O–H groups in total. The predicted octanol–water partition coefficient (Wildman–Crippen LogP) is -1.66. The highest BCUT2D eigenvalue weighted by atomic mass is 35.5. The molecule has 0 fully saturated rings. The molecule has 94 valence electrons. The quantitative estimate of drug-likeness (QED) is 0.490. The topological polar surface area (TPSA) is 45.7 Å². The third-order valence-electron chi connectivity index (χ3n) is 2.15. The van der Waals surface area contributed by atoms with Crippen molar-refractivity contribution in [3.63, 3.8) is 0 Å². The lowest BCUT2D eigenvalue weighted by Crippen LogP contribution is -3.00. The Hall–Kier alpha value is -1.03. The summed E-state index contributed by atoms with van der Waals surface area (Å²) in [4.78, 5) is 11.6. The summed E-state index contributed by atoms with van der Waals surface area (Å²) in [5, 5.41) is 5.24. The van der Waals surface area contributed by atoms with Crippen LogP contribution in [-0.2, 0) is 4.79 Å². The Morgan fingerprint density at radius 2 is 2.29 bits per heavy atom. The summed E-state index contributed by atoms with van der Waals surface area (Å²) in [5.41, 5.74) is 1.66. The molecule has 1 aromatic carbocycles. The number of anilines is 1. The maximum absolute atomic E-state index is 11.6. The van der Waals surface area contributed by atoms with E-state index < -0.39 is 0 Å². The molecule has 3 nitrogen and oxygen atoms in total. The van der Waals surface area contributed by atoms with Crippen LogP contribution in [0.5, 0.6) is 0 Å². The first-order valence-electron chi connectivity index (χ1n) is 5.12. The summed E-state index contributed by atoms with van der Waals surface area (Å²) in [7, 11) is 0. The van der Waals surface area contributed by atoms with E-state index in [1.807, 2.05) is 24.4 Å². The van der Waals surface area contributed by atoms with E-state index in [2.05, 4.69) is 11.9 Å². The molecule has 0 heterocycles. The predicted molar refractivity (Wildman–Crippen MR) is 66.7 cm³/mol. The third-order valence-corrected chi connectivity index (χ3v) is 2.46. The molecule has 0 unspecified atom stereocenters. The van der Waals surface area contributed by atoms with Crippen LogP contribution in [0, 0.1) is 6.92 Å². The van der Waals surface area contributed by atoms with Crippen molar-refractivity contribution in [2.75, 3.05) is 18.4 Å². The number of halogens is 2. The van der Waals surface area contributed by atoms with Crippen molar-refractivity contribution in [3.8, 4) is 0 Å². The Labute approximate surface area is 113 Å². The fourth-order valence-corrected chi connectivity index (χ4v) is 1.58. The maximum Gasteiger partial charge on any atom is 0.279 e. The Balaban J connectivity index is 0.00000256. The van der Waals surface area contributed by atoms with E-state index in [4.69, 9.17) is 11.6 Å². The monoisotopic (exact) mass is 274 g/mol. The Morgan fingerprint density at radius 3 is 2.88 bits per heavy atom. The maximum atomic E-state index is 11.6. The first-order chi connectivity index (χ1) is 7.65. The number of para-hydroxylation sites is 1. The van der Waals surface area contributed by atoms with Gasteiger partial charge in [0.1, 0.15) is 0 Å². The van der Waals surface area contributed by atoms with E-state index in [0.717, 1.165) is 12.1 Å². The molecule has 0 saturated carbocycles. The van der Waals surface area contributed by atoms with Gasteiger partial charge in [0.25, 0.3) is 5.91 Å². The SMILES string of the molecule is C=CC[NH2+]CC(=O)Nc1c(C)cccc1Cl.[Cl-]. The average Bonchev–Trinajstić information content (AvgIpc) is 2.24. The number of hydrogen-bond acceptors (Lipinski definition) is 1. The fraction of sp³-hybridized carbons (Fsp3) is 0.250. The Morgan fingerprint density at radius 1 is 1.59 bits per heavy atom. The van der Waals surface area contributed by atoms with Crippen LogP contribution in [0.2, 0.25) is 5.02 Å². The zero-order valence-electron chi connectivity index (χ0n) is 9.67. The van der Waals surface area contributed by atoms with Gasteiger partial charge >= 0.3 is 0 Å². The average molecular weight is 275 g/mol. The molecule has 17 heavy (non-hydrogen) atoms. The fourth-order valence-electron chi connectivity index (χ4n) is 1.31. The van der Waals surface area contributed by atoms with Crippen molar-refractivity contribution in [2.45, 2.75) is 6.92 Å². The van der Waals surface area contributed by atoms with E-state index in [-0.39, 0.29) is 18.3 Å². The number of amides is 1. The van der Waals surface area contributed by atoms with E-state index in [1.165, 1.54) is 0 Å². The second-order valence-electron chi connectivity index (χ2n) is 3.50. The molecule has 0 aliphatic rings. The largest absolute Gasteiger partial charge is 1.00 e. The summed E-state index contributed by atoms with van der Waals surface area (Å²) >= 11 is 5.99. The number of nitrogens with one attached hydrogen (secondary N) is 1. The molecular weight excluding hydrogens is 259 g/mol. The second kappa shape index (κ2) is 8.12. The van der Waals surface area contributed by atoms with Gasteiger partial charge in [-0.2, -0.15) is 0 Å². The van der Waals surface area contributed by atoms with E-state index in [0.29, 0.717) is 17.3 Å². The number of quaternary nitrogens is 1. The molecular formula is C12H16Cl2N2O. The smallest absolute Gasteiger partial charge is 0.279 e. The van der Waals surface area contributed by atoms with Crippen LogP contribution in [-0.4, -0.2) is 19.0 Å². The van der Waals surface area contributed by atoms with Crippen molar-refractivity contribution in [2.24, 2.45) is 0 Å². The molecule has 5 heteroatoms. The molecule has 1 rings (SSSR count). The number of benzene rings is 1. The van der Waals surface area contributed by atoms with Gasteiger partial charge in [0, 0.05) is 0 Å². The molecule has 0 saturated heterocycles. The van der Waals surface area contributed by atoms with Gasteiger partial charge in [0.15, 0.2) is 6.54 Å². The molecule has 0 aliphatic heterocycles.